The van der Waals surface area contributed by atoms with Crippen molar-refractivity contribution in [2.24, 2.45) is 0 Å². The van der Waals surface area contributed by atoms with Gasteiger partial charge in [0.25, 0.3) is 0 Å². The minimum absolute atomic E-state index is 1.06. The van der Waals surface area contributed by atoms with Gasteiger partial charge in [-0.3, -0.25) is 0 Å². The molecule has 0 saturated heterocycles. The molecule has 0 radical (unpaired) electrons. The van der Waals surface area contributed by atoms with E-state index in [1.807, 2.05) is 27.7 Å². The van der Waals surface area contributed by atoms with Crippen molar-refractivity contribution in [3.63, 3.8) is 0 Å². The molecule has 1 nitrogen and oxygen atoms in total. The Kier molecular flexibility index (Phi) is 25.0. The smallest absolute Gasteiger partial charge is 0.0159 e. The first kappa shape index (κ1) is 17.7. The lowest BCUT2D eigenvalue weighted by molar-refractivity contribution is 0.455. The van der Waals surface area contributed by atoms with Gasteiger partial charge in [-0.05, 0) is 27.9 Å². The highest BCUT2D eigenvalue weighted by molar-refractivity contribution is 4.94. The molecule has 0 aliphatic heterocycles. The molecule has 0 aromatic heterocycles. The Morgan fingerprint density at radius 3 is 1.42 bits per heavy atom. The van der Waals surface area contributed by atoms with Crippen molar-refractivity contribution in [3.8, 4) is 0 Å². The first-order valence-electron chi connectivity index (χ1n) is 4.91. The van der Waals surface area contributed by atoms with Gasteiger partial charge < -0.3 is 4.90 Å². The van der Waals surface area contributed by atoms with Gasteiger partial charge in [0.05, 0.1) is 0 Å². The Bertz CT molecular complexity index is 79.0. The summed E-state index contributed by atoms with van der Waals surface area (Å²) in [5.41, 5.74) is 1.39. The quantitative estimate of drug-likeness (QED) is 0.577. The van der Waals surface area contributed by atoms with E-state index < -0.39 is 0 Å². The summed E-state index contributed by atoms with van der Waals surface area (Å²) in [7, 11) is 4.14. The summed E-state index contributed by atoms with van der Waals surface area (Å²) in [5.74, 6) is 0. The van der Waals surface area contributed by atoms with Crippen LogP contribution in [0.3, 0.4) is 0 Å². The van der Waals surface area contributed by atoms with Gasteiger partial charge >= 0.3 is 0 Å². The maximum atomic E-state index is 2.21. The molecule has 0 fully saturated rings. The summed E-state index contributed by atoms with van der Waals surface area (Å²) in [6.07, 6.45) is 2.21. The van der Waals surface area contributed by atoms with Crippen LogP contribution in [0.2, 0.25) is 0 Å². The van der Waals surface area contributed by atoms with Crippen molar-refractivity contribution < 1.29 is 0 Å². The number of hydrogen-bond donors (Lipinski definition) is 0. The van der Waals surface area contributed by atoms with Crippen LogP contribution < -0.4 is 0 Å². The monoisotopic (exact) mass is 173 g/mol. The number of rotatable bonds is 2. The molecule has 0 heterocycles. The Morgan fingerprint density at radius 1 is 1.00 bits per heavy atom. The summed E-state index contributed by atoms with van der Waals surface area (Å²) in [5, 5.41) is 0. The molecule has 0 saturated carbocycles. The largest absolute Gasteiger partial charge is 0.306 e. The van der Waals surface area contributed by atoms with Crippen molar-refractivity contribution in [1.82, 2.24) is 4.90 Å². The molecule has 0 atom stereocenters. The lowest BCUT2D eigenvalue weighted by atomic mass is 10.3. The van der Waals surface area contributed by atoms with Gasteiger partial charge in [-0.2, -0.15) is 0 Å². The van der Waals surface area contributed by atoms with Gasteiger partial charge in [-0.25, -0.2) is 0 Å². The van der Waals surface area contributed by atoms with E-state index in [9.17, 15) is 0 Å². The Morgan fingerprint density at radius 2 is 1.33 bits per heavy atom. The van der Waals surface area contributed by atoms with Crippen molar-refractivity contribution in [2.75, 3.05) is 20.6 Å². The Labute approximate surface area is 79.5 Å². The van der Waals surface area contributed by atoms with E-state index in [0.29, 0.717) is 0 Å². The average Bonchev–Trinajstić information content (AvgIpc) is 2.08. The van der Waals surface area contributed by atoms with Gasteiger partial charge in [0.2, 0.25) is 0 Å². The fraction of sp³-hybridized carbons (Fsp3) is 0.818. The fourth-order valence-corrected chi connectivity index (χ4v) is 0.365. The Balaban J connectivity index is -0.000000175. The molecule has 0 unspecified atom stereocenters. The van der Waals surface area contributed by atoms with Crippen LogP contribution in [0.5, 0.6) is 0 Å². The van der Waals surface area contributed by atoms with Gasteiger partial charge in [0.15, 0.2) is 0 Å². The van der Waals surface area contributed by atoms with Crippen LogP contribution in [0.25, 0.3) is 0 Å². The highest BCUT2D eigenvalue weighted by Crippen LogP contribution is 1.87. The van der Waals surface area contributed by atoms with Crippen LogP contribution in [0.1, 0.15) is 41.5 Å². The second-order valence-corrected chi connectivity index (χ2v) is 2.54. The molecule has 1 heteroatoms. The van der Waals surface area contributed by atoms with Crippen LogP contribution in [0.15, 0.2) is 11.6 Å². The van der Waals surface area contributed by atoms with Crippen LogP contribution >= 0.6 is 0 Å². The SMILES string of the molecule is CC.CC.CC(C)=CCN(C)C. The number of hydrogen-bond acceptors (Lipinski definition) is 1. The standard InChI is InChI=1S/C7H15N.2C2H6/c1-7(2)5-6-8(3)4;2*1-2/h5H,6H2,1-4H3;2*1-2H3. The second-order valence-electron chi connectivity index (χ2n) is 2.54. The van der Waals surface area contributed by atoms with E-state index in [2.05, 4.69) is 38.9 Å². The topological polar surface area (TPSA) is 3.24 Å². The van der Waals surface area contributed by atoms with Crippen LogP contribution in [0.4, 0.5) is 0 Å². The van der Waals surface area contributed by atoms with E-state index >= 15 is 0 Å². The predicted octanol–water partition coefficient (Wildman–Crippen LogP) is 3.57. The molecule has 0 aromatic rings. The molecule has 12 heavy (non-hydrogen) atoms. The molecule has 0 aliphatic rings. The molecule has 0 rings (SSSR count). The van der Waals surface area contributed by atoms with Gasteiger partial charge in [0, 0.05) is 6.54 Å². The molecular weight excluding hydrogens is 146 g/mol. The highest BCUT2D eigenvalue weighted by atomic mass is 15.0. The first-order valence-corrected chi connectivity index (χ1v) is 4.91. The van der Waals surface area contributed by atoms with E-state index in [1.54, 1.807) is 0 Å². The normalized spacial score (nSPS) is 7.42. The maximum Gasteiger partial charge on any atom is 0.0159 e. The average molecular weight is 173 g/mol. The minimum atomic E-state index is 1.06. The molecule has 0 N–H and O–H groups in total. The van der Waals surface area contributed by atoms with Crippen molar-refractivity contribution in [2.45, 2.75) is 41.5 Å². The number of nitrogens with zero attached hydrogens (tertiary/aromatic N) is 1. The molecule has 0 aliphatic carbocycles. The number of likely N-dealkylation sites (N-methyl/N-ethyl adjacent to an activating group) is 1. The van der Waals surface area contributed by atoms with Crippen molar-refractivity contribution >= 4 is 0 Å². The predicted molar refractivity (Wildman–Crippen MR) is 60.7 cm³/mol. The fourth-order valence-electron chi connectivity index (χ4n) is 0.365. The van der Waals surface area contributed by atoms with Crippen molar-refractivity contribution in [3.05, 3.63) is 11.6 Å². The van der Waals surface area contributed by atoms with Crippen LogP contribution in [-0.2, 0) is 0 Å². The lowest BCUT2D eigenvalue weighted by Crippen LogP contribution is -2.10. The highest BCUT2D eigenvalue weighted by Gasteiger charge is 1.81. The third-order valence-corrected chi connectivity index (χ3v) is 0.865. The van der Waals surface area contributed by atoms with E-state index in [-0.39, 0.29) is 0 Å². The molecule has 0 amide bonds. The molecule has 0 aromatic carbocycles. The first-order chi connectivity index (χ1) is 5.63. The molecule has 0 spiro atoms. The third-order valence-electron chi connectivity index (χ3n) is 0.865. The minimum Gasteiger partial charge on any atom is -0.306 e. The summed E-state index contributed by atoms with van der Waals surface area (Å²) in [6, 6.07) is 0. The zero-order valence-electron chi connectivity index (χ0n) is 10.2. The van der Waals surface area contributed by atoms with Gasteiger partial charge in [-0.1, -0.05) is 39.3 Å². The second kappa shape index (κ2) is 17.0. The summed E-state index contributed by atoms with van der Waals surface area (Å²) < 4.78 is 0. The third kappa shape index (κ3) is 33.2. The van der Waals surface area contributed by atoms with Crippen molar-refractivity contribution in [1.29, 1.82) is 0 Å². The molecule has 0 bridgehead atoms. The van der Waals surface area contributed by atoms with E-state index in [1.165, 1.54) is 5.57 Å². The summed E-state index contributed by atoms with van der Waals surface area (Å²) >= 11 is 0. The van der Waals surface area contributed by atoms with Crippen LogP contribution in [0, 0.1) is 0 Å². The zero-order chi connectivity index (χ0) is 10.6. The van der Waals surface area contributed by atoms with Gasteiger partial charge in [0.1, 0.15) is 0 Å². The maximum absolute atomic E-state index is 2.21. The lowest BCUT2D eigenvalue weighted by Gasteiger charge is -2.03. The molecular formula is C11H27N. The Hall–Kier alpha value is -0.300. The molecule has 76 valence electrons. The summed E-state index contributed by atoms with van der Waals surface area (Å²) in [4.78, 5) is 2.15. The van der Waals surface area contributed by atoms with E-state index in [0.717, 1.165) is 6.54 Å². The zero-order valence-corrected chi connectivity index (χ0v) is 10.2. The number of allylic oxidation sites excluding steroid dienone is 1. The van der Waals surface area contributed by atoms with Crippen LogP contribution in [-0.4, -0.2) is 25.5 Å². The van der Waals surface area contributed by atoms with Gasteiger partial charge in [-0.15, -0.1) is 0 Å². The summed E-state index contributed by atoms with van der Waals surface area (Å²) in [6.45, 7) is 13.3. The van der Waals surface area contributed by atoms with E-state index in [4.69, 9.17) is 0 Å².